The lowest BCUT2D eigenvalue weighted by atomic mass is 9.77. The molecule has 0 amide bonds. The zero-order valence-electron chi connectivity index (χ0n) is 16.1. The van der Waals surface area contributed by atoms with Crippen molar-refractivity contribution >= 4 is 5.97 Å². The van der Waals surface area contributed by atoms with Crippen molar-refractivity contribution in [3.05, 3.63) is 120 Å². The molecule has 0 fully saturated rings. The Morgan fingerprint density at radius 2 is 1.28 bits per heavy atom. The zero-order chi connectivity index (χ0) is 20.1. The number of carbonyl (C=O) groups excluding carboxylic acids is 1. The lowest BCUT2D eigenvalue weighted by Crippen LogP contribution is -2.38. The molecule has 0 bridgehead atoms. The van der Waals surface area contributed by atoms with Gasteiger partial charge in [0.05, 0.1) is 6.61 Å². The average Bonchev–Trinajstić information content (AvgIpc) is 3.27. The number of benzene rings is 3. The van der Waals surface area contributed by atoms with Gasteiger partial charge in [-0.2, -0.15) is 0 Å². The molecule has 1 aromatic heterocycles. The molecule has 0 spiro atoms. The monoisotopic (exact) mass is 383 g/mol. The molecule has 0 saturated carbocycles. The molecule has 5 heteroatoms. The number of carbonyl (C=O) groups is 1. The minimum atomic E-state index is -0.790. The van der Waals surface area contributed by atoms with Crippen LogP contribution in [0.5, 0.6) is 0 Å². The van der Waals surface area contributed by atoms with Gasteiger partial charge in [0.25, 0.3) is 5.82 Å². The van der Waals surface area contributed by atoms with Gasteiger partial charge in [-0.15, -0.1) is 5.10 Å². The number of rotatable bonds is 6. The predicted molar refractivity (Wildman–Crippen MR) is 111 cm³/mol. The molecule has 29 heavy (non-hydrogen) atoms. The summed E-state index contributed by atoms with van der Waals surface area (Å²) in [5.41, 5.74) is 2.25. The van der Waals surface area contributed by atoms with Crippen molar-refractivity contribution in [2.75, 3.05) is 6.61 Å². The second-order valence-corrected chi connectivity index (χ2v) is 6.54. The Balaban J connectivity index is 2.03. The molecular weight excluding hydrogens is 362 g/mol. The van der Waals surface area contributed by atoms with E-state index in [1.165, 1.54) is 0 Å². The van der Waals surface area contributed by atoms with E-state index in [1.54, 1.807) is 17.9 Å². The average molecular weight is 383 g/mol. The van der Waals surface area contributed by atoms with Gasteiger partial charge in [0.1, 0.15) is 11.9 Å². The quantitative estimate of drug-likeness (QED) is 0.368. The van der Waals surface area contributed by atoms with Crippen LogP contribution in [0.25, 0.3) is 0 Å². The van der Waals surface area contributed by atoms with E-state index < -0.39 is 11.5 Å². The normalized spacial score (nSPS) is 11.2. The lowest BCUT2D eigenvalue weighted by molar-refractivity contribution is 0.0511. The molecule has 4 rings (SSSR count). The Morgan fingerprint density at radius 3 is 1.69 bits per heavy atom. The summed E-state index contributed by atoms with van der Waals surface area (Å²) in [6.45, 7) is 2.03. The van der Waals surface area contributed by atoms with Crippen molar-refractivity contribution in [2.45, 2.75) is 12.5 Å². The zero-order valence-corrected chi connectivity index (χ0v) is 16.1. The van der Waals surface area contributed by atoms with Crippen LogP contribution in [0.15, 0.2) is 97.3 Å². The van der Waals surface area contributed by atoms with Crippen LogP contribution in [0.1, 0.15) is 34.2 Å². The Kier molecular flexibility index (Phi) is 5.20. The SMILES string of the molecule is CCOC(=O)c1ncn(C(c2ccccc2)(c2ccccc2)c2ccccc2)n1. The van der Waals surface area contributed by atoms with E-state index in [4.69, 9.17) is 4.74 Å². The fraction of sp³-hybridized carbons (Fsp3) is 0.125. The topological polar surface area (TPSA) is 57.0 Å². The Morgan fingerprint density at radius 1 is 0.828 bits per heavy atom. The van der Waals surface area contributed by atoms with E-state index in [0.29, 0.717) is 0 Å². The van der Waals surface area contributed by atoms with Gasteiger partial charge >= 0.3 is 5.97 Å². The minimum absolute atomic E-state index is 0.0408. The van der Waals surface area contributed by atoms with Crippen molar-refractivity contribution in [1.82, 2.24) is 14.8 Å². The highest BCUT2D eigenvalue weighted by Crippen LogP contribution is 2.40. The summed E-state index contributed by atoms with van der Waals surface area (Å²) in [5, 5.41) is 4.56. The third-order valence-corrected chi connectivity index (χ3v) is 4.87. The molecule has 0 aliphatic heterocycles. The molecule has 0 N–H and O–H groups in total. The van der Waals surface area contributed by atoms with Crippen LogP contribution in [0, 0.1) is 0 Å². The molecule has 5 nitrogen and oxygen atoms in total. The summed E-state index contributed by atoms with van der Waals surface area (Å²) in [4.78, 5) is 16.5. The summed E-state index contributed by atoms with van der Waals surface area (Å²) in [5.74, 6) is -0.492. The maximum Gasteiger partial charge on any atom is 0.378 e. The van der Waals surface area contributed by atoms with Crippen LogP contribution < -0.4 is 0 Å². The van der Waals surface area contributed by atoms with Gasteiger partial charge in [0.2, 0.25) is 0 Å². The van der Waals surface area contributed by atoms with Crippen LogP contribution in [-0.2, 0) is 10.3 Å². The second-order valence-electron chi connectivity index (χ2n) is 6.54. The maximum absolute atomic E-state index is 12.2. The Labute approximate surface area is 169 Å². The molecule has 0 unspecified atom stereocenters. The number of nitrogens with zero attached hydrogens (tertiary/aromatic N) is 3. The number of aromatic nitrogens is 3. The number of hydrogen-bond donors (Lipinski definition) is 0. The standard InChI is InChI=1S/C24H21N3O2/c1-2-29-23(28)22-25-18-27(26-22)24(19-12-6-3-7-13-19,20-14-8-4-9-15-20)21-16-10-5-11-17-21/h3-18H,2H2,1H3. The fourth-order valence-electron chi connectivity index (χ4n) is 3.65. The molecule has 0 aliphatic carbocycles. The minimum Gasteiger partial charge on any atom is -0.460 e. The molecule has 0 atom stereocenters. The fourth-order valence-corrected chi connectivity index (χ4v) is 3.65. The Hall–Kier alpha value is -3.73. The molecule has 0 saturated heterocycles. The Bertz CT molecular complexity index is 980. The van der Waals surface area contributed by atoms with E-state index >= 15 is 0 Å². The van der Waals surface area contributed by atoms with Gasteiger partial charge in [-0.1, -0.05) is 91.0 Å². The first-order valence-corrected chi connectivity index (χ1v) is 9.52. The van der Waals surface area contributed by atoms with Crippen LogP contribution >= 0.6 is 0 Å². The maximum atomic E-state index is 12.2. The first-order valence-electron chi connectivity index (χ1n) is 9.52. The largest absolute Gasteiger partial charge is 0.460 e. The highest BCUT2D eigenvalue weighted by molar-refractivity contribution is 5.84. The summed E-state index contributed by atoms with van der Waals surface area (Å²) in [6, 6.07) is 30.3. The first-order chi connectivity index (χ1) is 14.3. The van der Waals surface area contributed by atoms with Crippen molar-refractivity contribution in [3.8, 4) is 0 Å². The summed E-state index contributed by atoms with van der Waals surface area (Å²) >= 11 is 0. The molecule has 0 radical (unpaired) electrons. The van der Waals surface area contributed by atoms with E-state index in [9.17, 15) is 4.79 Å². The van der Waals surface area contributed by atoms with Gasteiger partial charge < -0.3 is 4.74 Å². The van der Waals surface area contributed by atoms with Crippen molar-refractivity contribution < 1.29 is 9.53 Å². The summed E-state index contributed by atoms with van der Waals surface area (Å²) in [7, 11) is 0. The van der Waals surface area contributed by atoms with Crippen molar-refractivity contribution in [1.29, 1.82) is 0 Å². The number of hydrogen-bond acceptors (Lipinski definition) is 4. The molecule has 4 aromatic rings. The molecule has 0 aliphatic rings. The van der Waals surface area contributed by atoms with Gasteiger partial charge in [-0.05, 0) is 23.6 Å². The first kappa shape index (κ1) is 18.6. The number of ether oxygens (including phenoxy) is 1. The summed E-state index contributed by atoms with van der Waals surface area (Å²) < 4.78 is 6.84. The molecule has 144 valence electrons. The van der Waals surface area contributed by atoms with Crippen LogP contribution in [0.2, 0.25) is 0 Å². The lowest BCUT2D eigenvalue weighted by Gasteiger charge is -2.35. The predicted octanol–water partition coefficient (Wildman–Crippen LogP) is 4.30. The third kappa shape index (κ3) is 3.31. The third-order valence-electron chi connectivity index (χ3n) is 4.87. The highest BCUT2D eigenvalue weighted by atomic mass is 16.5. The van der Waals surface area contributed by atoms with E-state index in [2.05, 4.69) is 46.5 Å². The van der Waals surface area contributed by atoms with E-state index in [0.717, 1.165) is 16.7 Å². The van der Waals surface area contributed by atoms with Crippen LogP contribution in [0.4, 0.5) is 0 Å². The number of esters is 1. The van der Waals surface area contributed by atoms with E-state index in [-0.39, 0.29) is 12.4 Å². The summed E-state index contributed by atoms with van der Waals surface area (Å²) in [6.07, 6.45) is 1.60. The highest BCUT2D eigenvalue weighted by Gasteiger charge is 2.40. The van der Waals surface area contributed by atoms with Gasteiger partial charge in [-0.3, -0.25) is 0 Å². The van der Waals surface area contributed by atoms with Crippen molar-refractivity contribution in [3.63, 3.8) is 0 Å². The molecular formula is C24H21N3O2. The smallest absolute Gasteiger partial charge is 0.378 e. The van der Waals surface area contributed by atoms with E-state index in [1.807, 2.05) is 54.6 Å². The molecule has 1 heterocycles. The van der Waals surface area contributed by atoms with Gasteiger partial charge in [0.15, 0.2) is 0 Å². The van der Waals surface area contributed by atoms with Gasteiger partial charge in [-0.25, -0.2) is 14.5 Å². The second kappa shape index (κ2) is 8.10. The van der Waals surface area contributed by atoms with Crippen LogP contribution in [-0.4, -0.2) is 27.3 Å². The molecule has 3 aromatic carbocycles. The van der Waals surface area contributed by atoms with Crippen molar-refractivity contribution in [2.24, 2.45) is 0 Å². The van der Waals surface area contributed by atoms with Gasteiger partial charge in [0, 0.05) is 0 Å². The van der Waals surface area contributed by atoms with Crippen LogP contribution in [0.3, 0.4) is 0 Å².